The average molecular weight is 417 g/mol. The highest BCUT2D eigenvalue weighted by Gasteiger charge is 2.25. The fraction of sp³-hybridized carbons (Fsp3) is 0.148. The Hall–Kier alpha value is -3.71. The van der Waals surface area contributed by atoms with E-state index >= 15 is 0 Å². The first kappa shape index (κ1) is 23.6. The van der Waals surface area contributed by atoms with Crippen LogP contribution in [0.4, 0.5) is 8.78 Å². The molecule has 1 N–H and O–H groups in total. The van der Waals surface area contributed by atoms with E-state index in [-0.39, 0.29) is 11.3 Å². The molecule has 0 saturated heterocycles. The lowest BCUT2D eigenvalue weighted by molar-refractivity contribution is 0.0174. The number of rotatable bonds is 8. The third kappa shape index (κ3) is 6.38. The van der Waals surface area contributed by atoms with E-state index in [4.69, 9.17) is 0 Å². The predicted octanol–water partition coefficient (Wildman–Crippen LogP) is 7.03. The maximum atomic E-state index is 14.1. The minimum Gasteiger partial charge on any atom is -0.379 e. The molecule has 2 nitrogen and oxygen atoms in total. The summed E-state index contributed by atoms with van der Waals surface area (Å²) < 4.78 is 28.2. The summed E-state index contributed by atoms with van der Waals surface area (Å²) in [4.78, 5) is 0. The third-order valence-corrected chi connectivity index (χ3v) is 4.76. The molecule has 2 aromatic rings. The lowest BCUT2D eigenvalue weighted by Crippen LogP contribution is -2.10. The minimum absolute atomic E-state index is 0.140. The van der Waals surface area contributed by atoms with E-state index in [1.54, 1.807) is 25.3 Å². The lowest BCUT2D eigenvalue weighted by Gasteiger charge is -2.15. The van der Waals surface area contributed by atoms with Gasteiger partial charge >= 0.3 is 0 Å². The highest BCUT2D eigenvalue weighted by atomic mass is 19.3. The van der Waals surface area contributed by atoms with E-state index in [1.165, 1.54) is 18.2 Å². The summed E-state index contributed by atoms with van der Waals surface area (Å²) in [6.45, 7) is 10.6. The van der Waals surface area contributed by atoms with Crippen LogP contribution in [0.15, 0.2) is 85.1 Å². The Kier molecular flexibility index (Phi) is 7.88. The van der Waals surface area contributed by atoms with Crippen LogP contribution >= 0.6 is 0 Å². The Morgan fingerprint density at radius 2 is 1.81 bits per heavy atom. The van der Waals surface area contributed by atoms with Gasteiger partial charge in [0.2, 0.25) is 0 Å². The van der Waals surface area contributed by atoms with Gasteiger partial charge < -0.3 is 5.32 Å². The van der Waals surface area contributed by atoms with Crippen molar-refractivity contribution in [1.82, 2.24) is 5.32 Å². The van der Waals surface area contributed by atoms with E-state index < -0.39 is 5.92 Å². The molecule has 4 heteroatoms. The van der Waals surface area contributed by atoms with Gasteiger partial charge in [0.25, 0.3) is 5.92 Å². The molecule has 0 fully saturated rings. The number of allylic oxidation sites excluding steroid dienone is 6. The summed E-state index contributed by atoms with van der Waals surface area (Å²) in [7, 11) is 1.60. The quantitative estimate of drug-likeness (QED) is 0.370. The average Bonchev–Trinajstić information content (AvgIpc) is 2.74. The minimum atomic E-state index is -3.03. The van der Waals surface area contributed by atoms with Crippen molar-refractivity contribution >= 4 is 17.7 Å². The Labute approximate surface area is 183 Å². The molecule has 0 aliphatic rings. The van der Waals surface area contributed by atoms with Crippen molar-refractivity contribution < 1.29 is 8.78 Å². The molecule has 0 aliphatic heterocycles. The van der Waals surface area contributed by atoms with Gasteiger partial charge in [-0.05, 0) is 52.9 Å². The summed E-state index contributed by atoms with van der Waals surface area (Å²) in [5.41, 5.74) is 4.61. The third-order valence-electron chi connectivity index (χ3n) is 4.76. The lowest BCUT2D eigenvalue weighted by atomic mass is 9.95. The van der Waals surface area contributed by atoms with Crippen molar-refractivity contribution in [2.75, 3.05) is 7.05 Å². The second-order valence-electron chi connectivity index (χ2n) is 7.18. The highest BCUT2D eigenvalue weighted by molar-refractivity contribution is 5.80. The summed E-state index contributed by atoms with van der Waals surface area (Å²) in [6.07, 6.45) is 8.83. The van der Waals surface area contributed by atoms with Gasteiger partial charge in [-0.15, -0.1) is 0 Å². The van der Waals surface area contributed by atoms with Crippen LogP contribution in [0.5, 0.6) is 0 Å². The molecule has 0 amide bonds. The Morgan fingerprint density at radius 3 is 2.39 bits per heavy atom. The standard InChI is InChI=1S/C27H26F2N2/c1-6-25(26(18-30)31-5)23-15-21(16-24(17-23)27(4,28)29)13-11-19(2)12-14-22-10-8-7-9-20(22)3/h6-17,31H,1-2H2,3-5H3/b13-11+,14-12-,26-25+. The second kappa shape index (κ2) is 10.4. The number of halogens is 2. The van der Waals surface area contributed by atoms with Gasteiger partial charge in [-0.2, -0.15) is 5.26 Å². The monoisotopic (exact) mass is 416 g/mol. The summed E-state index contributed by atoms with van der Waals surface area (Å²) >= 11 is 0. The molecule has 0 atom stereocenters. The topological polar surface area (TPSA) is 35.8 Å². The van der Waals surface area contributed by atoms with Gasteiger partial charge in [0.1, 0.15) is 11.8 Å². The van der Waals surface area contributed by atoms with Gasteiger partial charge in [0.05, 0.1) is 0 Å². The smallest absolute Gasteiger partial charge is 0.270 e. The predicted molar refractivity (Wildman–Crippen MR) is 126 cm³/mol. The summed E-state index contributed by atoms with van der Waals surface area (Å²) in [6, 6.07) is 14.6. The molecule has 0 heterocycles. The first-order valence-corrected chi connectivity index (χ1v) is 9.78. The fourth-order valence-corrected chi connectivity index (χ4v) is 3.00. The number of aryl methyl sites for hydroxylation is 1. The molecule has 0 radical (unpaired) electrons. The van der Waals surface area contributed by atoms with E-state index in [0.717, 1.165) is 23.6 Å². The van der Waals surface area contributed by atoms with Crippen LogP contribution in [0.1, 0.15) is 34.7 Å². The van der Waals surface area contributed by atoms with Crippen LogP contribution in [0.2, 0.25) is 0 Å². The van der Waals surface area contributed by atoms with E-state index in [1.807, 2.05) is 49.4 Å². The van der Waals surface area contributed by atoms with Crippen molar-refractivity contribution in [1.29, 1.82) is 5.26 Å². The van der Waals surface area contributed by atoms with Gasteiger partial charge in [-0.3, -0.25) is 0 Å². The van der Waals surface area contributed by atoms with Gasteiger partial charge in [-0.1, -0.05) is 67.8 Å². The number of nitrogens with one attached hydrogen (secondary N) is 1. The maximum absolute atomic E-state index is 14.1. The molecule has 0 saturated carbocycles. The number of hydrogen-bond acceptors (Lipinski definition) is 2. The molecule has 0 unspecified atom stereocenters. The van der Waals surface area contributed by atoms with Gasteiger partial charge in [0, 0.05) is 25.1 Å². The van der Waals surface area contributed by atoms with Crippen molar-refractivity contribution in [3.8, 4) is 6.07 Å². The maximum Gasteiger partial charge on any atom is 0.270 e. The van der Waals surface area contributed by atoms with Crippen molar-refractivity contribution in [3.63, 3.8) is 0 Å². The molecule has 0 aromatic heterocycles. The first-order chi connectivity index (χ1) is 14.7. The van der Waals surface area contributed by atoms with Crippen LogP contribution in [0, 0.1) is 18.3 Å². The van der Waals surface area contributed by atoms with E-state index in [0.29, 0.717) is 16.7 Å². The van der Waals surface area contributed by atoms with Crippen LogP contribution in [0.3, 0.4) is 0 Å². The molecule has 0 spiro atoms. The zero-order chi connectivity index (χ0) is 23.0. The highest BCUT2D eigenvalue weighted by Crippen LogP contribution is 2.32. The number of alkyl halides is 2. The van der Waals surface area contributed by atoms with Crippen molar-refractivity contribution in [3.05, 3.63) is 113 Å². The normalized spacial score (nSPS) is 12.5. The first-order valence-electron chi connectivity index (χ1n) is 9.78. The molecule has 2 rings (SSSR count). The Morgan fingerprint density at radius 1 is 1.13 bits per heavy atom. The zero-order valence-electron chi connectivity index (χ0n) is 18.0. The molecule has 158 valence electrons. The second-order valence-corrected chi connectivity index (χ2v) is 7.18. The molecular weight excluding hydrogens is 390 g/mol. The van der Waals surface area contributed by atoms with Gasteiger partial charge in [-0.25, -0.2) is 8.78 Å². The van der Waals surface area contributed by atoms with E-state index in [2.05, 4.69) is 18.5 Å². The van der Waals surface area contributed by atoms with E-state index in [9.17, 15) is 14.0 Å². The van der Waals surface area contributed by atoms with Crippen molar-refractivity contribution in [2.45, 2.75) is 19.8 Å². The fourth-order valence-electron chi connectivity index (χ4n) is 3.00. The molecule has 31 heavy (non-hydrogen) atoms. The van der Waals surface area contributed by atoms with Crippen molar-refractivity contribution in [2.24, 2.45) is 0 Å². The molecule has 2 aromatic carbocycles. The van der Waals surface area contributed by atoms with Crippen LogP contribution < -0.4 is 5.32 Å². The summed E-state index contributed by atoms with van der Waals surface area (Å²) in [5.74, 6) is -3.03. The largest absolute Gasteiger partial charge is 0.379 e. The molecular formula is C27H26F2N2. The number of nitrogens with zero attached hydrogens (tertiary/aromatic N) is 1. The molecule has 0 aliphatic carbocycles. The van der Waals surface area contributed by atoms with Crippen LogP contribution in [-0.2, 0) is 5.92 Å². The summed E-state index contributed by atoms with van der Waals surface area (Å²) in [5, 5.41) is 12.1. The zero-order valence-corrected chi connectivity index (χ0v) is 18.0. The number of benzene rings is 2. The van der Waals surface area contributed by atoms with Crippen LogP contribution in [-0.4, -0.2) is 7.05 Å². The van der Waals surface area contributed by atoms with Crippen LogP contribution in [0.25, 0.3) is 17.7 Å². The molecule has 0 bridgehead atoms. The Bertz CT molecular complexity index is 1110. The van der Waals surface area contributed by atoms with Gasteiger partial charge in [0.15, 0.2) is 0 Å². The Balaban J connectivity index is 2.43. The number of hydrogen-bond donors (Lipinski definition) is 1. The SMILES string of the molecule is C=C/C(=C(/C#N)NC)c1cc(/C=C/C(=C)/C=C\c2ccccc2C)cc(C(C)(F)F)c1. The number of nitriles is 1.